The lowest BCUT2D eigenvalue weighted by atomic mass is 10.1. The first-order chi connectivity index (χ1) is 7.82. The van der Waals surface area contributed by atoms with E-state index in [-0.39, 0.29) is 5.52 Å². The molecule has 0 aliphatic carbocycles. The van der Waals surface area contributed by atoms with Crippen LogP contribution in [-0.4, -0.2) is 4.98 Å². The van der Waals surface area contributed by atoms with Crippen molar-refractivity contribution in [2.45, 2.75) is 13.1 Å². The van der Waals surface area contributed by atoms with Crippen molar-refractivity contribution in [3.63, 3.8) is 0 Å². The number of aryl methyl sites for hydroxylation is 1. The van der Waals surface area contributed by atoms with Gasteiger partial charge in [0.05, 0.1) is 21.8 Å². The summed E-state index contributed by atoms with van der Waals surface area (Å²) in [5.41, 5.74) is -0.480. The standard InChI is InChI=1S/C11H6BrClF3N/c1-5-9(13)8(12)6-3-2-4-7(10(6)17-5)11(14,15)16/h2-4H,1H3. The molecule has 0 saturated heterocycles. The Kier molecular flexibility index (Phi) is 3.08. The monoisotopic (exact) mass is 323 g/mol. The fourth-order valence-corrected chi connectivity index (χ4v) is 2.31. The van der Waals surface area contributed by atoms with Gasteiger partial charge < -0.3 is 0 Å². The highest BCUT2D eigenvalue weighted by Gasteiger charge is 2.33. The smallest absolute Gasteiger partial charge is 0.251 e. The number of hydrogen-bond acceptors (Lipinski definition) is 1. The van der Waals surface area contributed by atoms with E-state index in [9.17, 15) is 13.2 Å². The molecule has 1 aromatic heterocycles. The molecule has 0 aliphatic heterocycles. The second kappa shape index (κ2) is 4.14. The van der Waals surface area contributed by atoms with Crippen molar-refractivity contribution in [3.05, 3.63) is 39.0 Å². The summed E-state index contributed by atoms with van der Waals surface area (Å²) >= 11 is 9.13. The van der Waals surface area contributed by atoms with Crippen molar-refractivity contribution in [2.24, 2.45) is 0 Å². The molecule has 0 spiro atoms. The second-order valence-corrected chi connectivity index (χ2v) is 4.70. The van der Waals surface area contributed by atoms with Crippen molar-refractivity contribution < 1.29 is 13.2 Å². The van der Waals surface area contributed by atoms with Crippen LogP contribution in [0, 0.1) is 6.92 Å². The van der Waals surface area contributed by atoms with Gasteiger partial charge in [-0.2, -0.15) is 13.2 Å². The molecule has 0 radical (unpaired) electrons. The van der Waals surface area contributed by atoms with Crippen molar-refractivity contribution in [1.82, 2.24) is 4.98 Å². The minimum atomic E-state index is -4.42. The maximum Gasteiger partial charge on any atom is 0.418 e. The Morgan fingerprint density at radius 2 is 1.94 bits per heavy atom. The molecule has 90 valence electrons. The summed E-state index contributed by atoms with van der Waals surface area (Å²) in [4.78, 5) is 3.92. The first-order valence-corrected chi connectivity index (χ1v) is 5.81. The molecule has 0 saturated carbocycles. The molecule has 0 atom stereocenters. The predicted octanol–water partition coefficient (Wildman–Crippen LogP) is 4.98. The molecule has 0 N–H and O–H groups in total. The normalized spacial score (nSPS) is 12.1. The third kappa shape index (κ3) is 2.13. The third-order valence-corrected chi connectivity index (χ3v) is 3.88. The molecule has 1 nitrogen and oxygen atoms in total. The van der Waals surface area contributed by atoms with E-state index in [2.05, 4.69) is 20.9 Å². The number of halogens is 5. The van der Waals surface area contributed by atoms with Crippen LogP contribution in [0.25, 0.3) is 10.9 Å². The van der Waals surface area contributed by atoms with Gasteiger partial charge in [0, 0.05) is 9.86 Å². The zero-order chi connectivity index (χ0) is 12.8. The molecule has 0 fully saturated rings. The minimum Gasteiger partial charge on any atom is -0.251 e. The molecule has 1 heterocycles. The van der Waals surface area contributed by atoms with Crippen LogP contribution < -0.4 is 0 Å². The van der Waals surface area contributed by atoms with Crippen LogP contribution in [0.2, 0.25) is 5.02 Å². The fraction of sp³-hybridized carbons (Fsp3) is 0.182. The fourth-order valence-electron chi connectivity index (χ4n) is 1.56. The molecule has 0 amide bonds. The Balaban J connectivity index is 2.92. The quantitative estimate of drug-likeness (QED) is 0.666. The number of pyridine rings is 1. The van der Waals surface area contributed by atoms with Gasteiger partial charge >= 0.3 is 6.18 Å². The lowest BCUT2D eigenvalue weighted by Crippen LogP contribution is -2.07. The number of nitrogens with zero attached hydrogens (tertiary/aromatic N) is 1. The first kappa shape index (κ1) is 12.6. The lowest BCUT2D eigenvalue weighted by Gasteiger charge is -2.12. The second-order valence-electron chi connectivity index (χ2n) is 3.52. The van der Waals surface area contributed by atoms with E-state index < -0.39 is 11.7 Å². The SMILES string of the molecule is Cc1nc2c(C(F)(F)F)cccc2c(Br)c1Cl. The molecule has 2 aromatic rings. The largest absolute Gasteiger partial charge is 0.418 e. The van der Waals surface area contributed by atoms with E-state index in [0.29, 0.717) is 20.6 Å². The van der Waals surface area contributed by atoms with Crippen molar-refractivity contribution >= 4 is 38.4 Å². The van der Waals surface area contributed by atoms with Crippen LogP contribution in [0.3, 0.4) is 0 Å². The minimum absolute atomic E-state index is 0.0891. The molecule has 6 heteroatoms. The van der Waals surface area contributed by atoms with Gasteiger partial charge in [0.1, 0.15) is 0 Å². The summed E-state index contributed by atoms with van der Waals surface area (Å²) in [5.74, 6) is 0. The summed E-state index contributed by atoms with van der Waals surface area (Å²) in [6.45, 7) is 1.57. The molecule has 0 unspecified atom stereocenters. The van der Waals surface area contributed by atoms with E-state index in [0.717, 1.165) is 6.07 Å². The number of aromatic nitrogens is 1. The predicted molar refractivity (Wildman–Crippen MR) is 64.2 cm³/mol. The average molecular weight is 325 g/mol. The Bertz CT molecular complexity index is 595. The van der Waals surface area contributed by atoms with Crippen LogP contribution in [0.5, 0.6) is 0 Å². The Morgan fingerprint density at radius 1 is 1.29 bits per heavy atom. The van der Waals surface area contributed by atoms with Gasteiger partial charge in [0.2, 0.25) is 0 Å². The molecular weight excluding hydrogens is 318 g/mol. The molecule has 0 bridgehead atoms. The van der Waals surface area contributed by atoms with Gasteiger partial charge in [0.25, 0.3) is 0 Å². The number of para-hydroxylation sites is 1. The summed E-state index contributed by atoms with van der Waals surface area (Å²) in [6.07, 6.45) is -4.42. The van der Waals surface area contributed by atoms with Crippen molar-refractivity contribution in [2.75, 3.05) is 0 Å². The molecular formula is C11H6BrClF3N. The number of rotatable bonds is 0. The van der Waals surface area contributed by atoms with Gasteiger partial charge in [-0.25, -0.2) is 0 Å². The van der Waals surface area contributed by atoms with E-state index in [1.807, 2.05) is 0 Å². The van der Waals surface area contributed by atoms with E-state index in [4.69, 9.17) is 11.6 Å². The van der Waals surface area contributed by atoms with Gasteiger partial charge in [-0.1, -0.05) is 23.7 Å². The number of alkyl halides is 3. The molecule has 2 rings (SSSR count). The summed E-state index contributed by atoms with van der Waals surface area (Å²) < 4.78 is 38.8. The highest BCUT2D eigenvalue weighted by atomic mass is 79.9. The van der Waals surface area contributed by atoms with Crippen LogP contribution >= 0.6 is 27.5 Å². The van der Waals surface area contributed by atoms with Crippen LogP contribution in [-0.2, 0) is 6.18 Å². The average Bonchev–Trinajstić information content (AvgIpc) is 2.24. The van der Waals surface area contributed by atoms with E-state index in [1.165, 1.54) is 6.07 Å². The van der Waals surface area contributed by atoms with Gasteiger partial charge in [0.15, 0.2) is 0 Å². The zero-order valence-electron chi connectivity index (χ0n) is 8.57. The molecule has 17 heavy (non-hydrogen) atoms. The lowest BCUT2D eigenvalue weighted by molar-refractivity contribution is -0.136. The maximum absolute atomic E-state index is 12.8. The van der Waals surface area contributed by atoms with Crippen LogP contribution in [0.1, 0.15) is 11.3 Å². The van der Waals surface area contributed by atoms with Gasteiger partial charge in [-0.05, 0) is 28.9 Å². The van der Waals surface area contributed by atoms with Gasteiger partial charge in [-0.3, -0.25) is 4.98 Å². The maximum atomic E-state index is 12.8. The highest BCUT2D eigenvalue weighted by Crippen LogP contribution is 2.38. The zero-order valence-corrected chi connectivity index (χ0v) is 10.9. The Morgan fingerprint density at radius 3 is 2.53 bits per heavy atom. The highest BCUT2D eigenvalue weighted by molar-refractivity contribution is 9.10. The van der Waals surface area contributed by atoms with E-state index in [1.54, 1.807) is 13.0 Å². The van der Waals surface area contributed by atoms with E-state index >= 15 is 0 Å². The third-order valence-electron chi connectivity index (χ3n) is 2.37. The number of benzene rings is 1. The van der Waals surface area contributed by atoms with Gasteiger partial charge in [-0.15, -0.1) is 0 Å². The summed E-state index contributed by atoms with van der Waals surface area (Å²) in [7, 11) is 0. The number of fused-ring (bicyclic) bond motifs is 1. The first-order valence-electron chi connectivity index (χ1n) is 4.64. The summed E-state index contributed by atoms with van der Waals surface area (Å²) in [5, 5.41) is 0.687. The molecule has 0 aliphatic rings. The Hall–Kier alpha value is -0.810. The Labute approximate surface area is 109 Å². The molecule has 1 aromatic carbocycles. The summed E-state index contributed by atoms with van der Waals surface area (Å²) in [6, 6.07) is 3.89. The van der Waals surface area contributed by atoms with Crippen LogP contribution in [0.15, 0.2) is 22.7 Å². The number of hydrogen-bond donors (Lipinski definition) is 0. The topological polar surface area (TPSA) is 12.9 Å². The van der Waals surface area contributed by atoms with Crippen molar-refractivity contribution in [1.29, 1.82) is 0 Å². The van der Waals surface area contributed by atoms with Crippen molar-refractivity contribution in [3.8, 4) is 0 Å². The van der Waals surface area contributed by atoms with Crippen LogP contribution in [0.4, 0.5) is 13.2 Å².